The molecule has 1 aromatic carbocycles. The van der Waals surface area contributed by atoms with E-state index in [1.165, 1.54) is 45.8 Å². The third kappa shape index (κ3) is 6.10. The van der Waals surface area contributed by atoms with Crippen LogP contribution in [0.15, 0.2) is 66.0 Å². The van der Waals surface area contributed by atoms with E-state index in [2.05, 4.69) is 30.0 Å². The molecule has 0 aliphatic carbocycles. The third-order valence-electron chi connectivity index (χ3n) is 5.72. The molecule has 0 aliphatic rings. The van der Waals surface area contributed by atoms with E-state index < -0.39 is 15.9 Å². The van der Waals surface area contributed by atoms with Gasteiger partial charge in [-0.3, -0.25) is 14.5 Å². The van der Waals surface area contributed by atoms with Gasteiger partial charge < -0.3 is 19.5 Å². The lowest BCUT2D eigenvalue weighted by Crippen LogP contribution is -2.19. The van der Waals surface area contributed by atoms with Crippen LogP contribution in [0.5, 0.6) is 23.1 Å². The minimum atomic E-state index is -4.23. The first-order valence-electron chi connectivity index (χ1n) is 12.1. The number of para-hydroxylation sites is 2. The third-order valence-corrected chi connectivity index (χ3v) is 6.97. The van der Waals surface area contributed by atoms with Crippen molar-refractivity contribution in [3.8, 4) is 34.5 Å². The summed E-state index contributed by atoms with van der Waals surface area (Å²) in [5.74, 6) is 0.0590. The van der Waals surface area contributed by atoms with Crippen molar-refractivity contribution >= 4 is 21.7 Å². The quantitative estimate of drug-likeness (QED) is 0.288. The number of carbonyl (C=O) groups excluding carboxylic acids is 1. The van der Waals surface area contributed by atoms with Gasteiger partial charge in [-0.1, -0.05) is 32.0 Å². The van der Waals surface area contributed by atoms with Crippen molar-refractivity contribution in [1.29, 1.82) is 0 Å². The number of nitrogens with one attached hydrogen (secondary N) is 2. The highest BCUT2D eigenvalue weighted by Gasteiger charge is 2.26. The Morgan fingerprint density at radius 2 is 1.70 bits per heavy atom. The number of hydrogen-bond acceptors (Lipinski definition) is 10. The lowest BCUT2D eigenvalue weighted by molar-refractivity contribution is 0.0958. The smallest absolute Gasteiger partial charge is 0.280 e. The summed E-state index contributed by atoms with van der Waals surface area (Å²) >= 11 is 0. The monoisotopic (exact) mass is 564 g/mol. The molecule has 4 rings (SSSR count). The zero-order valence-electron chi connectivity index (χ0n) is 22.5. The van der Waals surface area contributed by atoms with E-state index in [4.69, 9.17) is 14.2 Å². The molecule has 1 amide bonds. The Hall–Kier alpha value is -4.78. The lowest BCUT2D eigenvalue weighted by Gasteiger charge is -2.17. The van der Waals surface area contributed by atoms with E-state index in [0.29, 0.717) is 11.3 Å². The Balaban J connectivity index is 1.86. The minimum Gasteiger partial charge on any atom is -0.493 e. The maximum atomic E-state index is 13.4. The molecule has 0 aliphatic heterocycles. The number of sulfonamides is 1. The maximum Gasteiger partial charge on any atom is 0.280 e. The summed E-state index contributed by atoms with van der Waals surface area (Å²) in [5, 5.41) is 2.29. The van der Waals surface area contributed by atoms with Crippen molar-refractivity contribution in [1.82, 2.24) is 25.3 Å². The molecule has 208 valence electrons. The Morgan fingerprint density at radius 1 is 0.950 bits per heavy atom. The van der Waals surface area contributed by atoms with E-state index in [9.17, 15) is 13.2 Å². The number of rotatable bonds is 10. The van der Waals surface area contributed by atoms with Crippen LogP contribution in [0.3, 0.4) is 0 Å². The van der Waals surface area contributed by atoms with Crippen LogP contribution >= 0.6 is 0 Å². The van der Waals surface area contributed by atoms with Crippen LogP contribution in [0.2, 0.25) is 0 Å². The summed E-state index contributed by atoms with van der Waals surface area (Å²) in [7, 11) is 0.0807. The van der Waals surface area contributed by atoms with Crippen molar-refractivity contribution in [2.24, 2.45) is 0 Å². The summed E-state index contributed by atoms with van der Waals surface area (Å²) in [6.45, 7) is 3.96. The SMILES string of the molecule is CNC(=O)c1cc(-c2nc(NS(=O)(=O)c3ccc(C(C)C)cn3)c(Oc3ccccc3OC)c(OC)n2)ccn1. The van der Waals surface area contributed by atoms with Crippen molar-refractivity contribution in [2.75, 3.05) is 26.0 Å². The largest absolute Gasteiger partial charge is 0.493 e. The van der Waals surface area contributed by atoms with E-state index in [1.807, 2.05) is 13.8 Å². The number of aromatic nitrogens is 4. The molecule has 0 bridgehead atoms. The van der Waals surface area contributed by atoms with E-state index in [-0.39, 0.29) is 45.7 Å². The summed E-state index contributed by atoms with van der Waals surface area (Å²) in [5.41, 5.74) is 1.39. The summed E-state index contributed by atoms with van der Waals surface area (Å²) < 4.78 is 46.2. The Morgan fingerprint density at radius 3 is 2.33 bits per heavy atom. The van der Waals surface area contributed by atoms with Crippen molar-refractivity contribution in [3.63, 3.8) is 0 Å². The predicted octanol–water partition coefficient (Wildman–Crippen LogP) is 4.03. The summed E-state index contributed by atoms with van der Waals surface area (Å²) in [6.07, 6.45) is 2.92. The Kier molecular flexibility index (Phi) is 8.43. The molecule has 0 saturated carbocycles. The molecule has 0 saturated heterocycles. The fourth-order valence-electron chi connectivity index (χ4n) is 3.57. The standard InChI is InChI=1S/C27H28N6O6S/c1-16(2)18-10-11-22(30-15-18)40(35,36)33-25-23(39-21-9-7-6-8-20(21)37-4)27(38-5)32-24(31-25)17-12-13-29-19(14-17)26(34)28-3/h6-16H,1-5H3,(H,28,34)(H,31,32,33). The molecular weight excluding hydrogens is 536 g/mol. The number of methoxy groups -OCH3 is 2. The van der Waals surface area contributed by atoms with Gasteiger partial charge in [0.15, 0.2) is 28.2 Å². The van der Waals surface area contributed by atoms with Crippen LogP contribution in [0.4, 0.5) is 5.82 Å². The van der Waals surface area contributed by atoms with Crippen LogP contribution in [0.1, 0.15) is 35.8 Å². The molecule has 0 fully saturated rings. The molecule has 0 unspecified atom stereocenters. The summed E-state index contributed by atoms with van der Waals surface area (Å²) in [6, 6.07) is 12.9. The van der Waals surface area contributed by atoms with Gasteiger partial charge >= 0.3 is 0 Å². The topological polar surface area (TPSA) is 155 Å². The fourth-order valence-corrected chi connectivity index (χ4v) is 4.50. The van der Waals surface area contributed by atoms with Gasteiger partial charge in [0, 0.05) is 25.0 Å². The van der Waals surface area contributed by atoms with Crippen molar-refractivity contribution in [3.05, 3.63) is 72.2 Å². The molecule has 0 atom stereocenters. The van der Waals surface area contributed by atoms with E-state index in [0.717, 1.165) is 5.56 Å². The predicted molar refractivity (Wildman–Crippen MR) is 147 cm³/mol. The number of anilines is 1. The normalized spacial score (nSPS) is 11.2. The molecule has 0 radical (unpaired) electrons. The highest BCUT2D eigenvalue weighted by Crippen LogP contribution is 2.41. The zero-order chi connectivity index (χ0) is 28.9. The maximum absolute atomic E-state index is 13.4. The van der Waals surface area contributed by atoms with E-state index in [1.54, 1.807) is 36.4 Å². The molecular formula is C27H28N6O6S. The van der Waals surface area contributed by atoms with Gasteiger partial charge in [-0.15, -0.1) is 0 Å². The van der Waals surface area contributed by atoms with E-state index >= 15 is 0 Å². The van der Waals surface area contributed by atoms with Crippen molar-refractivity contribution in [2.45, 2.75) is 24.8 Å². The average molecular weight is 565 g/mol. The number of ether oxygens (including phenoxy) is 3. The number of pyridine rings is 2. The fraction of sp³-hybridized carbons (Fsp3) is 0.222. The molecule has 12 nitrogen and oxygen atoms in total. The van der Waals surface area contributed by atoms with Crippen molar-refractivity contribution < 1.29 is 27.4 Å². The second-order valence-corrected chi connectivity index (χ2v) is 10.3. The highest BCUT2D eigenvalue weighted by molar-refractivity contribution is 7.92. The highest BCUT2D eigenvalue weighted by atomic mass is 32.2. The zero-order valence-corrected chi connectivity index (χ0v) is 23.3. The van der Waals surface area contributed by atoms with Gasteiger partial charge in [0.25, 0.3) is 21.8 Å². The van der Waals surface area contributed by atoms with Crippen LogP contribution in [-0.2, 0) is 10.0 Å². The van der Waals surface area contributed by atoms with Crippen LogP contribution in [-0.4, -0.2) is 55.5 Å². The molecule has 0 spiro atoms. The first kappa shape index (κ1) is 28.2. The molecule has 3 heterocycles. The number of benzene rings is 1. The van der Waals surface area contributed by atoms with Gasteiger partial charge in [-0.2, -0.15) is 13.4 Å². The van der Waals surface area contributed by atoms with Crippen LogP contribution in [0, 0.1) is 0 Å². The van der Waals surface area contributed by atoms with Crippen LogP contribution in [0.25, 0.3) is 11.4 Å². The number of hydrogen-bond donors (Lipinski definition) is 2. The molecule has 2 N–H and O–H groups in total. The summed E-state index contributed by atoms with van der Waals surface area (Å²) in [4.78, 5) is 29.2. The number of amides is 1. The first-order valence-corrected chi connectivity index (χ1v) is 13.6. The number of nitrogens with zero attached hydrogens (tertiary/aromatic N) is 4. The Bertz CT molecular complexity index is 1630. The van der Waals surface area contributed by atoms with Gasteiger partial charge in [0.2, 0.25) is 5.75 Å². The van der Waals surface area contributed by atoms with Gasteiger partial charge in [-0.25, -0.2) is 9.97 Å². The number of carbonyl (C=O) groups is 1. The second-order valence-electron chi connectivity index (χ2n) is 8.69. The Labute approximate surface area is 231 Å². The average Bonchev–Trinajstić information content (AvgIpc) is 2.97. The minimum absolute atomic E-state index is 0.0533. The van der Waals surface area contributed by atoms with Gasteiger partial charge in [-0.05, 0) is 41.8 Å². The molecule has 4 aromatic rings. The molecule has 3 aromatic heterocycles. The first-order chi connectivity index (χ1) is 19.2. The lowest BCUT2D eigenvalue weighted by atomic mass is 10.1. The molecule has 13 heteroatoms. The van der Waals surface area contributed by atoms with Gasteiger partial charge in [0.1, 0.15) is 5.69 Å². The molecule has 40 heavy (non-hydrogen) atoms. The van der Waals surface area contributed by atoms with Crippen LogP contribution < -0.4 is 24.2 Å². The van der Waals surface area contributed by atoms with Gasteiger partial charge in [0.05, 0.1) is 14.2 Å². The second kappa shape index (κ2) is 11.9.